The molecular formula is C60H47N. The molecule has 3 aliphatic rings. The second kappa shape index (κ2) is 12.8. The van der Waals surface area contributed by atoms with Gasteiger partial charge in [-0.25, -0.2) is 0 Å². The summed E-state index contributed by atoms with van der Waals surface area (Å²) in [6.45, 7) is 11.6. The smallest absolute Gasteiger partial charge is 0.0725 e. The topological polar surface area (TPSA) is 3.24 Å². The van der Waals surface area contributed by atoms with Crippen molar-refractivity contribution in [3.8, 4) is 44.5 Å². The van der Waals surface area contributed by atoms with Gasteiger partial charge in [-0.05, 0) is 124 Å². The van der Waals surface area contributed by atoms with Crippen LogP contribution in [0.4, 0.5) is 17.1 Å². The number of anilines is 3. The Bertz CT molecular complexity index is 3220. The molecule has 0 atom stereocenters. The first kappa shape index (κ1) is 35.9. The minimum Gasteiger partial charge on any atom is -0.310 e. The molecule has 1 nitrogen and oxygen atoms in total. The summed E-state index contributed by atoms with van der Waals surface area (Å²) in [7, 11) is 0. The molecule has 0 unspecified atom stereocenters. The van der Waals surface area contributed by atoms with Gasteiger partial charge >= 0.3 is 0 Å². The summed E-state index contributed by atoms with van der Waals surface area (Å²) >= 11 is 0. The maximum atomic E-state index is 2.53. The van der Waals surface area contributed by atoms with Gasteiger partial charge in [0.05, 0.1) is 11.1 Å². The van der Waals surface area contributed by atoms with Crippen LogP contribution < -0.4 is 4.90 Å². The summed E-state index contributed by atoms with van der Waals surface area (Å²) in [4.78, 5) is 2.53. The van der Waals surface area contributed by atoms with Gasteiger partial charge in [-0.1, -0.05) is 198 Å². The average molecular weight is 782 g/mol. The highest BCUT2D eigenvalue weighted by atomic mass is 15.1. The zero-order chi connectivity index (χ0) is 41.3. The Morgan fingerprint density at radius 2 is 0.885 bits per heavy atom. The molecular weight excluding hydrogens is 735 g/mol. The van der Waals surface area contributed by atoms with Crippen LogP contribution in [0.5, 0.6) is 0 Å². The zero-order valence-electron chi connectivity index (χ0n) is 35.4. The van der Waals surface area contributed by atoms with Crippen LogP contribution in [0, 0.1) is 0 Å². The lowest BCUT2D eigenvalue weighted by molar-refractivity contribution is 0.590. The molecule has 0 aromatic heterocycles. The standard InChI is InChI=1S/C60H47N/c1-58(2,3)39-30-32-40(33-31-39)61(55-36-29-38-17-6-7-18-42(38)57(55)47-23-16-28-54-56(47)46-22-11-12-24-49(46)59(54,4)5)41-34-35-53-48(37-41)45-21-10-15-27-52(45)60(53)50-25-13-8-19-43(50)44-20-9-14-26-51(44)60/h6-37H,1-5H3. The molecule has 0 heterocycles. The predicted octanol–water partition coefficient (Wildman–Crippen LogP) is 15.9. The molecule has 3 aliphatic carbocycles. The van der Waals surface area contributed by atoms with Gasteiger partial charge in [0, 0.05) is 22.4 Å². The van der Waals surface area contributed by atoms with Crippen LogP contribution in [-0.4, -0.2) is 0 Å². The van der Waals surface area contributed by atoms with Crippen molar-refractivity contribution in [2.45, 2.75) is 50.9 Å². The summed E-state index contributed by atoms with van der Waals surface area (Å²) < 4.78 is 0. The van der Waals surface area contributed by atoms with Gasteiger partial charge in [0.2, 0.25) is 0 Å². The van der Waals surface area contributed by atoms with Crippen LogP contribution in [0.2, 0.25) is 0 Å². The van der Waals surface area contributed by atoms with Gasteiger partial charge in [0.15, 0.2) is 0 Å². The van der Waals surface area contributed by atoms with Crippen LogP contribution in [-0.2, 0) is 16.2 Å². The second-order valence-electron chi connectivity index (χ2n) is 18.8. The number of rotatable bonds is 4. The van der Waals surface area contributed by atoms with Crippen molar-refractivity contribution in [3.05, 3.63) is 233 Å². The lowest BCUT2D eigenvalue weighted by atomic mass is 9.70. The quantitative estimate of drug-likeness (QED) is 0.172. The minimum absolute atomic E-state index is 0.0295. The highest BCUT2D eigenvalue weighted by Gasteiger charge is 2.51. The first-order chi connectivity index (χ1) is 29.7. The van der Waals surface area contributed by atoms with Gasteiger partial charge in [0.25, 0.3) is 0 Å². The number of hydrogen-bond acceptors (Lipinski definition) is 1. The van der Waals surface area contributed by atoms with E-state index in [9.17, 15) is 0 Å². The Morgan fingerprint density at radius 3 is 1.54 bits per heavy atom. The lowest BCUT2D eigenvalue weighted by Crippen LogP contribution is -2.25. The molecule has 9 aromatic carbocycles. The van der Waals surface area contributed by atoms with Crippen LogP contribution in [0.1, 0.15) is 73.6 Å². The molecule has 0 radical (unpaired) electrons. The summed E-state index contributed by atoms with van der Waals surface area (Å²) in [6, 6.07) is 73.5. The fourth-order valence-corrected chi connectivity index (χ4v) is 11.5. The molecule has 61 heavy (non-hydrogen) atoms. The van der Waals surface area contributed by atoms with E-state index in [-0.39, 0.29) is 10.8 Å². The van der Waals surface area contributed by atoms with Gasteiger partial charge in [0.1, 0.15) is 0 Å². The Morgan fingerprint density at radius 1 is 0.377 bits per heavy atom. The van der Waals surface area contributed by atoms with E-state index < -0.39 is 5.41 Å². The molecule has 0 aliphatic heterocycles. The molecule has 0 amide bonds. The monoisotopic (exact) mass is 781 g/mol. The van der Waals surface area contributed by atoms with E-state index in [4.69, 9.17) is 0 Å². The number of hydrogen-bond donors (Lipinski definition) is 0. The van der Waals surface area contributed by atoms with E-state index >= 15 is 0 Å². The van der Waals surface area contributed by atoms with E-state index in [0.29, 0.717) is 0 Å². The van der Waals surface area contributed by atoms with Crippen LogP contribution in [0.3, 0.4) is 0 Å². The van der Waals surface area contributed by atoms with E-state index in [1.165, 1.54) is 94.2 Å². The molecule has 0 saturated carbocycles. The summed E-state index contributed by atoms with van der Waals surface area (Å²) in [5.41, 5.74) is 22.9. The molecule has 0 N–H and O–H groups in total. The number of nitrogens with zero attached hydrogens (tertiary/aromatic N) is 1. The fraction of sp³-hybridized carbons (Fsp3) is 0.133. The first-order valence-corrected chi connectivity index (χ1v) is 21.8. The molecule has 1 heteroatoms. The van der Waals surface area contributed by atoms with Crippen LogP contribution >= 0.6 is 0 Å². The molecule has 0 fully saturated rings. The SMILES string of the molecule is CC(C)(C)c1ccc(N(c2ccc3c(c2)-c2ccccc2C32c3ccccc3-c3ccccc32)c2ccc3ccccc3c2-c2cccc3c2-c2ccccc2C3(C)C)cc1. The zero-order valence-corrected chi connectivity index (χ0v) is 35.4. The van der Waals surface area contributed by atoms with Crippen molar-refractivity contribution >= 4 is 27.8 Å². The van der Waals surface area contributed by atoms with Crippen molar-refractivity contribution < 1.29 is 0 Å². The van der Waals surface area contributed by atoms with E-state index in [1.807, 2.05) is 0 Å². The first-order valence-electron chi connectivity index (χ1n) is 21.8. The van der Waals surface area contributed by atoms with E-state index in [2.05, 4.69) is 234 Å². The second-order valence-corrected chi connectivity index (χ2v) is 18.8. The van der Waals surface area contributed by atoms with Crippen LogP contribution in [0.15, 0.2) is 194 Å². The molecule has 1 spiro atoms. The van der Waals surface area contributed by atoms with Crippen molar-refractivity contribution in [1.29, 1.82) is 0 Å². The largest absolute Gasteiger partial charge is 0.310 e. The summed E-state index contributed by atoms with van der Waals surface area (Å²) in [5.74, 6) is 0. The normalized spacial score (nSPS) is 14.6. The molecule has 12 rings (SSSR count). The Balaban J connectivity index is 1.15. The lowest BCUT2D eigenvalue weighted by Gasteiger charge is -2.32. The van der Waals surface area contributed by atoms with Crippen molar-refractivity contribution in [2.75, 3.05) is 4.90 Å². The highest BCUT2D eigenvalue weighted by molar-refractivity contribution is 6.10. The van der Waals surface area contributed by atoms with Crippen molar-refractivity contribution in [3.63, 3.8) is 0 Å². The third-order valence-electron chi connectivity index (χ3n) is 14.3. The Hall–Kier alpha value is -6.96. The molecule has 9 aromatic rings. The fourth-order valence-electron chi connectivity index (χ4n) is 11.5. The Labute approximate surface area is 359 Å². The van der Waals surface area contributed by atoms with Gasteiger partial charge < -0.3 is 4.90 Å². The van der Waals surface area contributed by atoms with Gasteiger partial charge in [-0.3, -0.25) is 0 Å². The molecule has 0 bridgehead atoms. The van der Waals surface area contributed by atoms with Gasteiger partial charge in [-0.15, -0.1) is 0 Å². The van der Waals surface area contributed by atoms with E-state index in [1.54, 1.807) is 0 Å². The van der Waals surface area contributed by atoms with Crippen molar-refractivity contribution in [1.82, 2.24) is 0 Å². The summed E-state index contributed by atoms with van der Waals surface area (Å²) in [5, 5.41) is 2.48. The van der Waals surface area contributed by atoms with E-state index in [0.717, 1.165) is 17.1 Å². The predicted molar refractivity (Wildman–Crippen MR) is 257 cm³/mol. The average Bonchev–Trinajstić information content (AvgIpc) is 3.85. The minimum atomic E-state index is -0.393. The number of fused-ring (bicyclic) bond motifs is 14. The maximum absolute atomic E-state index is 2.53. The summed E-state index contributed by atoms with van der Waals surface area (Å²) in [6.07, 6.45) is 0. The van der Waals surface area contributed by atoms with Gasteiger partial charge in [-0.2, -0.15) is 0 Å². The third kappa shape index (κ3) is 4.89. The molecule has 292 valence electrons. The highest BCUT2D eigenvalue weighted by Crippen LogP contribution is 2.63. The third-order valence-corrected chi connectivity index (χ3v) is 14.3. The van der Waals surface area contributed by atoms with Crippen molar-refractivity contribution in [2.24, 2.45) is 0 Å². The molecule has 0 saturated heterocycles. The van der Waals surface area contributed by atoms with Crippen LogP contribution in [0.25, 0.3) is 55.3 Å². The maximum Gasteiger partial charge on any atom is 0.0725 e. The Kier molecular flexibility index (Phi) is 7.53. The number of benzene rings is 9.